The molecule has 24 heavy (non-hydrogen) atoms. The highest BCUT2D eigenvalue weighted by Gasteiger charge is 2.28. The van der Waals surface area contributed by atoms with Crippen LogP contribution in [0, 0.1) is 0 Å². The van der Waals surface area contributed by atoms with Gasteiger partial charge in [-0.3, -0.25) is 4.79 Å². The summed E-state index contributed by atoms with van der Waals surface area (Å²) in [5.41, 5.74) is 3.39. The number of hydrogen-bond donors (Lipinski definition) is 0. The van der Waals surface area contributed by atoms with Crippen LogP contribution in [0.5, 0.6) is 0 Å². The molecule has 1 aliphatic carbocycles. The van der Waals surface area contributed by atoms with Gasteiger partial charge in [-0.25, -0.2) is 4.79 Å². The van der Waals surface area contributed by atoms with Gasteiger partial charge in [-0.15, -0.1) is 0 Å². The quantitative estimate of drug-likeness (QED) is 0.413. The molecule has 1 aliphatic rings. The number of oxime groups is 1. The van der Waals surface area contributed by atoms with Gasteiger partial charge in [0, 0.05) is 27.6 Å². The third kappa shape index (κ3) is 2.35. The van der Waals surface area contributed by atoms with Gasteiger partial charge in [-0.05, 0) is 11.4 Å². The lowest BCUT2D eigenvalue weighted by molar-refractivity contribution is 0.0517. The molecule has 4 rings (SSSR count). The molecule has 4 nitrogen and oxygen atoms in total. The van der Waals surface area contributed by atoms with Gasteiger partial charge in [0.05, 0.1) is 5.56 Å². The Morgan fingerprint density at radius 2 is 1.46 bits per heavy atom. The molecule has 0 unspecified atom stereocenters. The average molecular weight is 333 g/mol. The Morgan fingerprint density at radius 1 is 0.875 bits per heavy atom. The number of carbonyl (C=O) groups is 2. The number of hydrogen-bond acceptors (Lipinski definition) is 5. The summed E-state index contributed by atoms with van der Waals surface area (Å²) in [6.07, 6.45) is 0. The number of benzene rings is 2. The van der Waals surface area contributed by atoms with Gasteiger partial charge >= 0.3 is 5.97 Å². The minimum Gasteiger partial charge on any atom is -0.312 e. The first kappa shape index (κ1) is 14.5. The van der Waals surface area contributed by atoms with Crippen LogP contribution in [-0.4, -0.2) is 17.5 Å². The Balaban J connectivity index is 1.80. The fraction of sp³-hybridized carbons (Fsp3) is 0. The van der Waals surface area contributed by atoms with Crippen LogP contribution < -0.4 is 0 Å². The summed E-state index contributed by atoms with van der Waals surface area (Å²) in [6.45, 7) is 0. The molecule has 1 aromatic heterocycles. The topological polar surface area (TPSA) is 55.7 Å². The SMILES string of the molecule is O=C(ON=C1c2ccccc2C(=O)c2ccccc21)c1ccsc1. The molecule has 0 saturated carbocycles. The summed E-state index contributed by atoms with van der Waals surface area (Å²) in [6, 6.07) is 16.1. The summed E-state index contributed by atoms with van der Waals surface area (Å²) < 4.78 is 0. The van der Waals surface area contributed by atoms with Crippen LogP contribution in [0.2, 0.25) is 0 Å². The monoisotopic (exact) mass is 333 g/mol. The van der Waals surface area contributed by atoms with Gasteiger partial charge in [0.15, 0.2) is 5.78 Å². The van der Waals surface area contributed by atoms with Crippen molar-refractivity contribution in [1.82, 2.24) is 0 Å². The van der Waals surface area contributed by atoms with E-state index < -0.39 is 5.97 Å². The predicted molar refractivity (Wildman–Crippen MR) is 91.7 cm³/mol. The first-order chi connectivity index (χ1) is 11.8. The lowest BCUT2D eigenvalue weighted by Crippen LogP contribution is -2.22. The van der Waals surface area contributed by atoms with E-state index in [4.69, 9.17) is 4.84 Å². The lowest BCUT2D eigenvalue weighted by atomic mass is 9.84. The second-order valence-electron chi connectivity index (χ2n) is 5.25. The Kier molecular flexibility index (Phi) is 3.55. The maximum absolute atomic E-state index is 12.6. The highest BCUT2D eigenvalue weighted by molar-refractivity contribution is 7.08. The van der Waals surface area contributed by atoms with E-state index in [9.17, 15) is 9.59 Å². The van der Waals surface area contributed by atoms with Crippen molar-refractivity contribution in [3.63, 3.8) is 0 Å². The summed E-state index contributed by atoms with van der Waals surface area (Å²) in [5.74, 6) is -0.570. The zero-order valence-electron chi connectivity index (χ0n) is 12.4. The number of fused-ring (bicyclic) bond motifs is 2. The highest BCUT2D eigenvalue weighted by atomic mass is 32.1. The van der Waals surface area contributed by atoms with E-state index in [2.05, 4.69) is 5.16 Å². The Bertz CT molecular complexity index is 922. The van der Waals surface area contributed by atoms with Crippen molar-refractivity contribution < 1.29 is 14.4 Å². The van der Waals surface area contributed by atoms with Gasteiger partial charge < -0.3 is 4.84 Å². The van der Waals surface area contributed by atoms with Crippen molar-refractivity contribution in [1.29, 1.82) is 0 Å². The molecule has 0 bridgehead atoms. The molecule has 1 heterocycles. The third-order valence-electron chi connectivity index (χ3n) is 3.83. The van der Waals surface area contributed by atoms with Crippen LogP contribution in [0.1, 0.15) is 37.4 Å². The van der Waals surface area contributed by atoms with E-state index >= 15 is 0 Å². The van der Waals surface area contributed by atoms with Crippen molar-refractivity contribution in [2.24, 2.45) is 5.16 Å². The van der Waals surface area contributed by atoms with Crippen LogP contribution in [0.4, 0.5) is 0 Å². The molecule has 5 heteroatoms. The molecule has 3 aromatic rings. The second-order valence-corrected chi connectivity index (χ2v) is 6.03. The van der Waals surface area contributed by atoms with Crippen molar-refractivity contribution in [2.75, 3.05) is 0 Å². The van der Waals surface area contributed by atoms with E-state index in [1.165, 1.54) is 11.3 Å². The molecule has 0 saturated heterocycles. The molecule has 0 N–H and O–H groups in total. The molecule has 2 aromatic carbocycles. The normalized spacial score (nSPS) is 12.3. The summed E-state index contributed by atoms with van der Waals surface area (Å²) in [4.78, 5) is 29.8. The highest BCUT2D eigenvalue weighted by Crippen LogP contribution is 2.27. The largest absolute Gasteiger partial charge is 0.366 e. The average Bonchev–Trinajstić information content (AvgIpc) is 3.16. The van der Waals surface area contributed by atoms with Crippen LogP contribution in [0.3, 0.4) is 0 Å². The number of rotatable bonds is 2. The van der Waals surface area contributed by atoms with Crippen LogP contribution in [-0.2, 0) is 4.84 Å². The van der Waals surface area contributed by atoms with Gasteiger partial charge in [-0.1, -0.05) is 53.7 Å². The molecule has 0 fully saturated rings. The molecule has 0 amide bonds. The van der Waals surface area contributed by atoms with Gasteiger partial charge in [-0.2, -0.15) is 11.3 Å². The zero-order chi connectivity index (χ0) is 16.5. The van der Waals surface area contributed by atoms with Crippen LogP contribution in [0.25, 0.3) is 0 Å². The minimum atomic E-state index is -0.518. The molecule has 0 atom stereocenters. The van der Waals surface area contributed by atoms with Crippen molar-refractivity contribution >= 4 is 28.8 Å². The fourth-order valence-electron chi connectivity index (χ4n) is 2.68. The van der Waals surface area contributed by atoms with Gasteiger partial charge in [0.25, 0.3) is 0 Å². The molecular weight excluding hydrogens is 322 g/mol. The first-order valence-electron chi connectivity index (χ1n) is 7.31. The number of carbonyl (C=O) groups excluding carboxylic acids is 2. The summed E-state index contributed by atoms with van der Waals surface area (Å²) >= 11 is 1.41. The number of nitrogens with zero attached hydrogens (tertiary/aromatic N) is 1. The molecule has 116 valence electrons. The van der Waals surface area contributed by atoms with Crippen molar-refractivity contribution in [3.05, 3.63) is 93.2 Å². The maximum atomic E-state index is 12.6. The Labute approximate surface area is 142 Å². The first-order valence-corrected chi connectivity index (χ1v) is 8.25. The van der Waals surface area contributed by atoms with E-state index in [-0.39, 0.29) is 5.78 Å². The molecule has 0 spiro atoms. The minimum absolute atomic E-state index is 0.0516. The van der Waals surface area contributed by atoms with E-state index in [0.717, 1.165) is 0 Å². The van der Waals surface area contributed by atoms with Gasteiger partial charge in [0.2, 0.25) is 0 Å². The number of ketones is 1. The summed E-state index contributed by atoms with van der Waals surface area (Å²) in [7, 11) is 0. The Morgan fingerprint density at radius 3 is 2.00 bits per heavy atom. The number of thiophene rings is 1. The Hall–Kier alpha value is -3.05. The molecule has 0 aliphatic heterocycles. The van der Waals surface area contributed by atoms with Crippen molar-refractivity contribution in [2.45, 2.75) is 0 Å². The van der Waals surface area contributed by atoms with Gasteiger partial charge in [0.1, 0.15) is 5.71 Å². The van der Waals surface area contributed by atoms with Crippen LogP contribution >= 0.6 is 11.3 Å². The lowest BCUT2D eigenvalue weighted by Gasteiger charge is -2.19. The fourth-order valence-corrected chi connectivity index (χ4v) is 3.31. The second kappa shape index (κ2) is 5.86. The maximum Gasteiger partial charge on any atom is 0.366 e. The van der Waals surface area contributed by atoms with E-state index in [1.807, 2.05) is 12.1 Å². The zero-order valence-corrected chi connectivity index (χ0v) is 13.2. The standard InChI is InChI=1S/C19H11NO3S/c21-18-15-7-3-1-5-13(15)17(14-6-2-4-8-16(14)18)20-23-19(22)12-9-10-24-11-12/h1-11H. The van der Waals surface area contributed by atoms with Crippen LogP contribution in [0.15, 0.2) is 70.5 Å². The summed E-state index contributed by atoms with van der Waals surface area (Å²) in [5, 5.41) is 7.58. The van der Waals surface area contributed by atoms with E-state index in [1.54, 1.807) is 53.2 Å². The smallest absolute Gasteiger partial charge is 0.312 e. The van der Waals surface area contributed by atoms with Crippen molar-refractivity contribution in [3.8, 4) is 0 Å². The molecular formula is C19H11NO3S. The molecule has 0 radical (unpaired) electrons. The third-order valence-corrected chi connectivity index (χ3v) is 4.51. The van der Waals surface area contributed by atoms with E-state index in [0.29, 0.717) is 33.5 Å². The predicted octanol–water partition coefficient (Wildman–Crippen LogP) is 3.90.